The molecule has 1 aromatic heterocycles. The van der Waals surface area contributed by atoms with E-state index in [0.29, 0.717) is 23.8 Å². The fourth-order valence-corrected chi connectivity index (χ4v) is 3.20. The topological polar surface area (TPSA) is 81.0 Å². The van der Waals surface area contributed by atoms with Crippen LogP contribution < -0.4 is 4.74 Å². The van der Waals surface area contributed by atoms with Crippen molar-refractivity contribution in [2.24, 2.45) is 5.16 Å². The van der Waals surface area contributed by atoms with Gasteiger partial charge in [-0.3, -0.25) is 0 Å². The van der Waals surface area contributed by atoms with Crippen LogP contribution in [0.25, 0.3) is 10.6 Å². The third-order valence-electron chi connectivity index (χ3n) is 3.82. The molecule has 1 N–H and O–H groups in total. The van der Waals surface area contributed by atoms with E-state index in [-0.39, 0.29) is 18.0 Å². The Hall–Kier alpha value is -3.26. The fraction of sp³-hybridized carbons (Fsp3) is 0.190. The molecular weight excluding hydrogens is 395 g/mol. The van der Waals surface area contributed by atoms with Crippen molar-refractivity contribution < 1.29 is 23.9 Å². The lowest BCUT2D eigenvalue weighted by Crippen LogP contribution is -2.14. The van der Waals surface area contributed by atoms with E-state index in [4.69, 9.17) is 14.7 Å². The number of nitrogens with zero attached hydrogens (tertiary/aromatic N) is 2. The van der Waals surface area contributed by atoms with Crippen molar-refractivity contribution in [2.75, 3.05) is 13.2 Å². The molecule has 0 amide bonds. The van der Waals surface area contributed by atoms with Crippen molar-refractivity contribution in [3.05, 3.63) is 71.0 Å². The molecule has 0 unspecified atom stereocenters. The Balaban J connectivity index is 1.79. The highest BCUT2D eigenvalue weighted by molar-refractivity contribution is 7.13. The largest absolute Gasteiger partial charge is 0.487 e. The van der Waals surface area contributed by atoms with Crippen LogP contribution in [0.3, 0.4) is 0 Å². The predicted molar refractivity (Wildman–Crippen MR) is 109 cm³/mol. The van der Waals surface area contributed by atoms with Gasteiger partial charge in [0.05, 0.1) is 5.56 Å². The summed E-state index contributed by atoms with van der Waals surface area (Å²) in [6, 6.07) is 12.3. The second kappa shape index (κ2) is 9.79. The lowest BCUT2D eigenvalue weighted by molar-refractivity contribution is 0.0696. The Morgan fingerprint density at radius 1 is 1.24 bits per heavy atom. The van der Waals surface area contributed by atoms with E-state index in [1.54, 1.807) is 24.3 Å². The van der Waals surface area contributed by atoms with Gasteiger partial charge in [-0.05, 0) is 48.9 Å². The molecule has 0 saturated carbocycles. The number of thiazole rings is 1. The van der Waals surface area contributed by atoms with Crippen LogP contribution in [-0.2, 0) is 4.84 Å². The molecule has 1 heterocycles. The molecule has 0 aliphatic carbocycles. The molecule has 0 spiro atoms. The number of oxime groups is 1. The number of rotatable bonds is 9. The van der Waals surface area contributed by atoms with Gasteiger partial charge in [-0.1, -0.05) is 18.1 Å². The van der Waals surface area contributed by atoms with Gasteiger partial charge in [0.25, 0.3) is 0 Å². The third-order valence-corrected chi connectivity index (χ3v) is 4.71. The number of aromatic nitrogens is 1. The number of ether oxygens (including phenoxy) is 1. The van der Waals surface area contributed by atoms with Crippen molar-refractivity contribution in [3.8, 4) is 16.3 Å². The van der Waals surface area contributed by atoms with E-state index in [9.17, 15) is 9.18 Å². The summed E-state index contributed by atoms with van der Waals surface area (Å²) in [5.41, 5.74) is 1.99. The molecule has 2 aromatic carbocycles. The standard InChI is InChI=1S/C21H19FN2O4S/c1-2-10-28-24-18(12-27-17-5-3-4-15(11-17)21(25)26)19-13-29-20(23-19)14-6-8-16(22)9-7-14/h3-9,11,13H,2,10,12H2,1H3,(H,25,26). The fourth-order valence-electron chi connectivity index (χ4n) is 2.36. The lowest BCUT2D eigenvalue weighted by atomic mass is 10.2. The lowest BCUT2D eigenvalue weighted by Gasteiger charge is -2.08. The monoisotopic (exact) mass is 414 g/mol. The average molecular weight is 414 g/mol. The van der Waals surface area contributed by atoms with Crippen molar-refractivity contribution >= 4 is 23.0 Å². The minimum atomic E-state index is -1.03. The molecule has 0 aliphatic heterocycles. The van der Waals surface area contributed by atoms with Crippen molar-refractivity contribution in [1.29, 1.82) is 0 Å². The maximum absolute atomic E-state index is 13.1. The summed E-state index contributed by atoms with van der Waals surface area (Å²) in [6.45, 7) is 2.48. The second-order valence-corrected chi connectivity index (χ2v) is 6.90. The molecule has 0 bridgehead atoms. The van der Waals surface area contributed by atoms with Crippen molar-refractivity contribution in [2.45, 2.75) is 13.3 Å². The quantitative estimate of drug-likeness (QED) is 0.307. The molecular formula is C21H19FN2O4S. The molecule has 150 valence electrons. The van der Waals surface area contributed by atoms with E-state index in [0.717, 1.165) is 17.0 Å². The molecule has 3 rings (SSSR count). The number of benzene rings is 2. The first-order chi connectivity index (χ1) is 14.1. The van der Waals surface area contributed by atoms with Crippen LogP contribution >= 0.6 is 11.3 Å². The van der Waals surface area contributed by atoms with Gasteiger partial charge < -0.3 is 14.7 Å². The molecule has 0 aliphatic rings. The molecule has 0 radical (unpaired) electrons. The number of hydrogen-bond acceptors (Lipinski definition) is 6. The van der Waals surface area contributed by atoms with Crippen LogP contribution in [0.15, 0.2) is 59.1 Å². The van der Waals surface area contributed by atoms with Gasteiger partial charge in [0.2, 0.25) is 0 Å². The summed E-state index contributed by atoms with van der Waals surface area (Å²) in [4.78, 5) is 21.0. The number of hydrogen-bond donors (Lipinski definition) is 1. The predicted octanol–water partition coefficient (Wildman–Crippen LogP) is 4.86. The normalized spacial score (nSPS) is 11.3. The molecule has 29 heavy (non-hydrogen) atoms. The van der Waals surface area contributed by atoms with Gasteiger partial charge >= 0.3 is 5.97 Å². The maximum atomic E-state index is 13.1. The highest BCUT2D eigenvalue weighted by Crippen LogP contribution is 2.24. The molecule has 6 nitrogen and oxygen atoms in total. The first-order valence-corrected chi connectivity index (χ1v) is 9.81. The SMILES string of the molecule is CCCON=C(COc1cccc(C(=O)O)c1)c1csc(-c2ccc(F)cc2)n1. The number of carbonyl (C=O) groups is 1. The average Bonchev–Trinajstić information content (AvgIpc) is 3.21. The Bertz CT molecular complexity index is 1000. The van der Waals surface area contributed by atoms with Crippen LogP contribution in [0.5, 0.6) is 5.75 Å². The zero-order valence-corrected chi connectivity index (χ0v) is 16.5. The van der Waals surface area contributed by atoms with E-state index in [1.807, 2.05) is 12.3 Å². The van der Waals surface area contributed by atoms with Crippen LogP contribution in [-0.4, -0.2) is 35.0 Å². The summed E-state index contributed by atoms with van der Waals surface area (Å²) in [7, 11) is 0. The van der Waals surface area contributed by atoms with Gasteiger partial charge in [0.15, 0.2) is 0 Å². The number of halogens is 1. The summed E-state index contributed by atoms with van der Waals surface area (Å²) in [6.07, 6.45) is 0.802. The van der Waals surface area contributed by atoms with Crippen molar-refractivity contribution in [1.82, 2.24) is 4.98 Å². The molecule has 0 saturated heterocycles. The Labute approximate surface area is 171 Å². The summed E-state index contributed by atoms with van der Waals surface area (Å²) in [5.74, 6) is -0.932. The first kappa shape index (κ1) is 20.5. The van der Waals surface area contributed by atoms with Crippen LogP contribution in [0.2, 0.25) is 0 Å². The molecule has 0 fully saturated rings. The third kappa shape index (κ3) is 5.61. The number of carboxylic acids is 1. The summed E-state index contributed by atoms with van der Waals surface area (Å²) >= 11 is 1.40. The molecule has 3 aromatic rings. The van der Waals surface area contributed by atoms with Gasteiger partial charge in [-0.15, -0.1) is 11.3 Å². The van der Waals surface area contributed by atoms with Crippen LogP contribution in [0.4, 0.5) is 4.39 Å². The Kier molecular flexibility index (Phi) is 6.91. The van der Waals surface area contributed by atoms with E-state index in [2.05, 4.69) is 10.1 Å². The maximum Gasteiger partial charge on any atom is 0.335 e. The van der Waals surface area contributed by atoms with E-state index < -0.39 is 5.97 Å². The highest BCUT2D eigenvalue weighted by atomic mass is 32.1. The van der Waals surface area contributed by atoms with E-state index in [1.165, 1.54) is 35.6 Å². The zero-order valence-electron chi connectivity index (χ0n) is 15.7. The minimum absolute atomic E-state index is 0.0549. The van der Waals surface area contributed by atoms with Crippen LogP contribution in [0, 0.1) is 5.82 Å². The number of aromatic carboxylic acids is 1. The van der Waals surface area contributed by atoms with Gasteiger partial charge in [0.1, 0.15) is 41.2 Å². The molecule has 0 atom stereocenters. The van der Waals surface area contributed by atoms with Gasteiger partial charge in [-0.25, -0.2) is 14.2 Å². The highest BCUT2D eigenvalue weighted by Gasteiger charge is 2.13. The van der Waals surface area contributed by atoms with E-state index >= 15 is 0 Å². The Morgan fingerprint density at radius 3 is 2.76 bits per heavy atom. The van der Waals surface area contributed by atoms with Crippen molar-refractivity contribution in [3.63, 3.8) is 0 Å². The molecule has 8 heteroatoms. The van der Waals surface area contributed by atoms with Gasteiger partial charge in [0, 0.05) is 10.9 Å². The zero-order chi connectivity index (χ0) is 20.6. The smallest absolute Gasteiger partial charge is 0.335 e. The second-order valence-electron chi connectivity index (χ2n) is 6.04. The summed E-state index contributed by atoms with van der Waals surface area (Å²) < 4.78 is 18.9. The van der Waals surface area contributed by atoms with Crippen LogP contribution in [0.1, 0.15) is 29.4 Å². The first-order valence-electron chi connectivity index (χ1n) is 8.93. The Morgan fingerprint density at radius 2 is 2.03 bits per heavy atom. The number of carboxylic acid groups (broad SMARTS) is 1. The van der Waals surface area contributed by atoms with Gasteiger partial charge in [-0.2, -0.15) is 0 Å². The minimum Gasteiger partial charge on any atom is -0.487 e. The summed E-state index contributed by atoms with van der Waals surface area (Å²) in [5, 5.41) is 15.8.